The molecule has 0 aliphatic rings. The molecule has 3 aromatic carbocycles. The molecule has 208 valence electrons. The molecule has 3 rings (SSSR count). The van der Waals surface area contributed by atoms with Crippen LogP contribution >= 0.6 is 12.4 Å². The third-order valence-corrected chi connectivity index (χ3v) is 6.18. The van der Waals surface area contributed by atoms with Gasteiger partial charge in [0.2, 0.25) is 5.91 Å². The van der Waals surface area contributed by atoms with Crippen LogP contribution in [0, 0.1) is 0 Å². The molecule has 0 fully saturated rings. The quantitative estimate of drug-likeness (QED) is 0.205. The Morgan fingerprint density at radius 1 is 0.718 bits per heavy atom. The van der Waals surface area contributed by atoms with Gasteiger partial charge in [-0.1, -0.05) is 84.9 Å². The number of halogens is 1. The highest BCUT2D eigenvalue weighted by molar-refractivity contribution is 5.85. The molecule has 3 aromatic rings. The van der Waals surface area contributed by atoms with Crippen molar-refractivity contribution in [3.05, 3.63) is 107 Å². The minimum absolute atomic E-state index is 0. The first-order valence-corrected chi connectivity index (χ1v) is 13.2. The number of hydrogen-bond donors (Lipinski definition) is 3. The van der Waals surface area contributed by atoms with Crippen LogP contribution in [0.2, 0.25) is 0 Å². The number of benzene rings is 3. The molecule has 1 unspecified atom stereocenters. The molecule has 0 heterocycles. The summed E-state index contributed by atoms with van der Waals surface area (Å²) in [7, 11) is 0. The molecular formula is C31H38ClN3O4. The van der Waals surface area contributed by atoms with Gasteiger partial charge in [0.05, 0.1) is 12.5 Å². The van der Waals surface area contributed by atoms with Crippen molar-refractivity contribution in [1.82, 2.24) is 10.8 Å². The minimum Gasteiger partial charge on any atom is -0.355 e. The summed E-state index contributed by atoms with van der Waals surface area (Å²) in [5, 5.41) is 2.72. The molecule has 7 nitrogen and oxygen atoms in total. The number of unbranched alkanes of at least 4 members (excludes halogenated alkanes) is 1. The van der Waals surface area contributed by atoms with E-state index >= 15 is 0 Å². The van der Waals surface area contributed by atoms with Crippen LogP contribution in [0.1, 0.15) is 47.9 Å². The Balaban J connectivity index is 0.00000533. The molecule has 0 saturated carbocycles. The van der Waals surface area contributed by atoms with Crippen molar-refractivity contribution in [3.8, 4) is 0 Å². The summed E-state index contributed by atoms with van der Waals surface area (Å²) in [6.07, 6.45) is 5.32. The Hall–Kier alpha value is -3.68. The molecule has 0 bridgehead atoms. The largest absolute Gasteiger partial charge is 0.355 e. The maximum Gasteiger partial charge on any atom is 0.332 e. The summed E-state index contributed by atoms with van der Waals surface area (Å²) in [6, 6.07) is 27.3. The summed E-state index contributed by atoms with van der Waals surface area (Å²) in [6.45, 7) is 0.295. The molecule has 0 saturated heterocycles. The number of aryl methyl sites for hydroxylation is 2. The van der Waals surface area contributed by atoms with Crippen molar-refractivity contribution >= 4 is 30.2 Å². The van der Waals surface area contributed by atoms with Crippen LogP contribution < -0.4 is 16.5 Å². The highest BCUT2D eigenvalue weighted by Crippen LogP contribution is 2.11. The average molecular weight is 552 g/mol. The van der Waals surface area contributed by atoms with Gasteiger partial charge in [-0.3, -0.25) is 9.59 Å². The molecule has 8 heteroatoms. The fourth-order valence-electron chi connectivity index (χ4n) is 4.05. The fourth-order valence-corrected chi connectivity index (χ4v) is 4.05. The third-order valence-electron chi connectivity index (χ3n) is 6.18. The molecule has 4 N–H and O–H groups in total. The van der Waals surface area contributed by atoms with E-state index in [2.05, 4.69) is 35.1 Å². The van der Waals surface area contributed by atoms with E-state index in [0.717, 1.165) is 36.8 Å². The van der Waals surface area contributed by atoms with Gasteiger partial charge in [0.1, 0.15) is 0 Å². The second-order valence-corrected chi connectivity index (χ2v) is 9.38. The number of amides is 2. The number of nitrogens with one attached hydrogen (secondary N) is 2. The lowest BCUT2D eigenvalue weighted by Crippen LogP contribution is -2.42. The van der Waals surface area contributed by atoms with E-state index in [1.807, 2.05) is 60.7 Å². The van der Waals surface area contributed by atoms with Gasteiger partial charge < -0.3 is 15.9 Å². The van der Waals surface area contributed by atoms with E-state index < -0.39 is 17.9 Å². The van der Waals surface area contributed by atoms with Crippen molar-refractivity contribution < 1.29 is 19.2 Å². The van der Waals surface area contributed by atoms with Crippen LogP contribution in [0.5, 0.6) is 0 Å². The zero-order valence-corrected chi connectivity index (χ0v) is 23.0. The zero-order valence-electron chi connectivity index (χ0n) is 22.1. The van der Waals surface area contributed by atoms with Gasteiger partial charge >= 0.3 is 5.97 Å². The molecular weight excluding hydrogens is 514 g/mol. The molecule has 39 heavy (non-hydrogen) atoms. The Labute approximate surface area is 236 Å². The first-order valence-electron chi connectivity index (χ1n) is 13.2. The van der Waals surface area contributed by atoms with E-state index in [1.165, 1.54) is 11.1 Å². The molecule has 0 aliphatic carbocycles. The van der Waals surface area contributed by atoms with Crippen LogP contribution in [-0.4, -0.2) is 30.4 Å². The number of nitrogens with two attached hydrogens (primary N) is 1. The van der Waals surface area contributed by atoms with Gasteiger partial charge in [0.25, 0.3) is 5.91 Å². The molecule has 1 atom stereocenters. The first-order chi connectivity index (χ1) is 18.5. The lowest BCUT2D eigenvalue weighted by Gasteiger charge is -2.12. The van der Waals surface area contributed by atoms with Gasteiger partial charge in [-0.25, -0.2) is 4.79 Å². The smallest absolute Gasteiger partial charge is 0.332 e. The molecule has 2 amide bonds. The van der Waals surface area contributed by atoms with Crippen molar-refractivity contribution in [2.75, 3.05) is 6.54 Å². The number of rotatable bonds is 14. The van der Waals surface area contributed by atoms with Crippen molar-refractivity contribution in [2.24, 2.45) is 5.73 Å². The maximum absolute atomic E-state index is 12.1. The van der Waals surface area contributed by atoms with E-state index in [4.69, 9.17) is 10.6 Å². The SMILES string of the molecule is Cl.NC(Cc1ccccc1)C(=O)NCCCC(=O)ONC(=O)Cc1ccc(CCCCc2ccccc2)cc1. The fraction of sp³-hybridized carbons (Fsp3) is 0.323. The Kier molecular flexibility index (Phi) is 14.4. The molecule has 0 spiro atoms. The predicted molar refractivity (Wildman–Crippen MR) is 155 cm³/mol. The van der Waals surface area contributed by atoms with Crippen LogP contribution in [0.25, 0.3) is 0 Å². The summed E-state index contributed by atoms with van der Waals surface area (Å²) >= 11 is 0. The van der Waals surface area contributed by atoms with Crippen LogP contribution in [-0.2, 0) is 44.9 Å². The second kappa shape index (κ2) is 17.8. The van der Waals surface area contributed by atoms with E-state index in [1.54, 1.807) is 0 Å². The summed E-state index contributed by atoms with van der Waals surface area (Å²) < 4.78 is 0. The molecule has 0 aromatic heterocycles. The van der Waals surface area contributed by atoms with Crippen LogP contribution in [0.4, 0.5) is 0 Å². The normalized spacial score (nSPS) is 11.1. The number of carbonyl (C=O) groups is 3. The van der Waals surface area contributed by atoms with Crippen molar-refractivity contribution in [2.45, 2.75) is 57.4 Å². The van der Waals surface area contributed by atoms with Gasteiger partial charge in [0, 0.05) is 13.0 Å². The monoisotopic (exact) mass is 551 g/mol. The number of hydrogen-bond acceptors (Lipinski definition) is 5. The van der Waals surface area contributed by atoms with Gasteiger partial charge in [-0.05, 0) is 60.8 Å². The van der Waals surface area contributed by atoms with Crippen molar-refractivity contribution in [1.29, 1.82) is 0 Å². The number of carbonyl (C=O) groups excluding carboxylic acids is 3. The Bertz CT molecular complexity index is 1140. The van der Waals surface area contributed by atoms with E-state index in [9.17, 15) is 14.4 Å². The Morgan fingerprint density at radius 3 is 1.87 bits per heavy atom. The lowest BCUT2D eigenvalue weighted by atomic mass is 10.0. The molecule has 0 aliphatic heterocycles. The van der Waals surface area contributed by atoms with Gasteiger partial charge in [0.15, 0.2) is 0 Å². The predicted octanol–water partition coefficient (Wildman–Crippen LogP) is 4.26. The van der Waals surface area contributed by atoms with Gasteiger partial charge in [-0.15, -0.1) is 12.4 Å². The minimum atomic E-state index is -0.655. The molecule has 0 radical (unpaired) electrons. The highest BCUT2D eigenvalue weighted by Gasteiger charge is 2.14. The van der Waals surface area contributed by atoms with Crippen molar-refractivity contribution in [3.63, 3.8) is 0 Å². The topological polar surface area (TPSA) is 111 Å². The number of hydroxylamine groups is 1. The van der Waals surface area contributed by atoms with E-state index in [0.29, 0.717) is 19.4 Å². The lowest BCUT2D eigenvalue weighted by molar-refractivity contribution is -0.158. The standard InChI is InChI=1S/C31H37N3O4.ClH/c32-28(22-26-14-5-2-6-15-26)31(37)33-21-9-16-30(36)38-34-29(35)23-27-19-17-25(18-20-27)13-8-7-12-24-10-3-1-4-11-24;/h1-6,10-11,14-15,17-20,28H,7-9,12-13,16,21-23,32H2,(H,33,37)(H,34,35);1H. The van der Waals surface area contributed by atoms with Crippen LogP contribution in [0.15, 0.2) is 84.9 Å². The van der Waals surface area contributed by atoms with E-state index in [-0.39, 0.29) is 31.2 Å². The van der Waals surface area contributed by atoms with Gasteiger partial charge in [-0.2, -0.15) is 5.48 Å². The highest BCUT2D eigenvalue weighted by atomic mass is 35.5. The second-order valence-electron chi connectivity index (χ2n) is 9.38. The summed E-state index contributed by atoms with van der Waals surface area (Å²) in [5.41, 5.74) is 12.6. The van der Waals surface area contributed by atoms with Crippen LogP contribution in [0.3, 0.4) is 0 Å². The zero-order chi connectivity index (χ0) is 27.0. The maximum atomic E-state index is 12.1. The Morgan fingerprint density at radius 2 is 1.26 bits per heavy atom. The third kappa shape index (κ3) is 12.6. The summed E-state index contributed by atoms with van der Waals surface area (Å²) in [5.74, 6) is -1.23. The first kappa shape index (κ1) is 31.5. The average Bonchev–Trinajstić information content (AvgIpc) is 2.94. The summed E-state index contributed by atoms with van der Waals surface area (Å²) in [4.78, 5) is 41.0.